The molecule has 2 nitrogen and oxygen atoms in total. The topological polar surface area (TPSA) is 40.9 Å². The summed E-state index contributed by atoms with van der Waals surface area (Å²) < 4.78 is 0. The van der Waals surface area contributed by atoms with Gasteiger partial charge >= 0.3 is 0 Å². The van der Waals surface area contributed by atoms with Gasteiger partial charge in [0.05, 0.1) is 12.0 Å². The maximum atomic E-state index is 11.9. The molecule has 120 valence electrons. The van der Waals surface area contributed by atoms with Gasteiger partial charge < -0.3 is 0 Å². The predicted molar refractivity (Wildman–Crippen MR) is 88.1 cm³/mol. The highest BCUT2D eigenvalue weighted by molar-refractivity contribution is 5.91. The molecule has 0 aliphatic heterocycles. The Bertz CT molecular complexity index is 682. The zero-order valence-corrected chi connectivity index (χ0v) is 13.9. The van der Waals surface area contributed by atoms with Crippen molar-refractivity contribution in [3.8, 4) is 6.07 Å². The molecule has 0 heterocycles. The van der Waals surface area contributed by atoms with Crippen LogP contribution in [0, 0.1) is 58.2 Å². The van der Waals surface area contributed by atoms with Crippen LogP contribution in [0.5, 0.6) is 0 Å². The molecule has 4 fully saturated rings. The molecule has 0 bridgehead atoms. The molecule has 0 unspecified atom stereocenters. The summed E-state index contributed by atoms with van der Waals surface area (Å²) in [6, 6.07) is 2.58. The van der Waals surface area contributed by atoms with E-state index >= 15 is 0 Å². The zero-order chi connectivity index (χ0) is 15.9. The lowest BCUT2D eigenvalue weighted by atomic mass is 9.51. The number of hydrogen-bond donors (Lipinski definition) is 0. The molecule has 4 saturated carbocycles. The van der Waals surface area contributed by atoms with Crippen molar-refractivity contribution in [3.05, 3.63) is 23.8 Å². The van der Waals surface area contributed by atoms with E-state index < -0.39 is 0 Å². The zero-order valence-electron chi connectivity index (χ0n) is 13.9. The van der Waals surface area contributed by atoms with Gasteiger partial charge in [0, 0.05) is 6.42 Å². The number of fused-ring (bicyclic) bond motifs is 8. The second kappa shape index (κ2) is 4.38. The van der Waals surface area contributed by atoms with Gasteiger partial charge in [0.1, 0.15) is 0 Å². The van der Waals surface area contributed by atoms with E-state index in [0.29, 0.717) is 23.5 Å². The molecule has 0 aromatic rings. The van der Waals surface area contributed by atoms with E-state index in [9.17, 15) is 10.1 Å². The third-order valence-corrected chi connectivity index (χ3v) is 8.24. The first-order valence-electron chi connectivity index (χ1n) is 9.36. The quantitative estimate of drug-likeness (QED) is 0.626. The van der Waals surface area contributed by atoms with Crippen LogP contribution in [0.25, 0.3) is 0 Å². The van der Waals surface area contributed by atoms with E-state index in [2.05, 4.69) is 19.6 Å². The van der Waals surface area contributed by atoms with Gasteiger partial charge in [0.15, 0.2) is 5.78 Å². The number of nitrogens with zero attached hydrogens (tertiary/aromatic N) is 1. The van der Waals surface area contributed by atoms with E-state index in [1.165, 1.54) is 30.4 Å². The van der Waals surface area contributed by atoms with Gasteiger partial charge in [-0.05, 0) is 79.1 Å². The molecule has 5 rings (SSSR count). The van der Waals surface area contributed by atoms with E-state index in [1.54, 1.807) is 0 Å². The number of rotatable bonds is 0. The van der Waals surface area contributed by atoms with E-state index in [-0.39, 0.29) is 11.3 Å². The minimum absolute atomic E-state index is 0.0653. The molecule has 0 amide bonds. The fourth-order valence-corrected chi connectivity index (χ4v) is 7.21. The Morgan fingerprint density at radius 3 is 2.91 bits per heavy atom. The third kappa shape index (κ3) is 1.66. The highest BCUT2D eigenvalue weighted by Gasteiger charge is 2.65. The van der Waals surface area contributed by atoms with Crippen molar-refractivity contribution in [2.75, 3.05) is 0 Å². The maximum absolute atomic E-state index is 11.9. The Hall–Kier alpha value is -1.36. The van der Waals surface area contributed by atoms with Crippen molar-refractivity contribution >= 4 is 5.78 Å². The second-order valence-corrected chi connectivity index (χ2v) is 9.08. The van der Waals surface area contributed by atoms with Crippen LogP contribution in [-0.2, 0) is 4.79 Å². The first-order valence-corrected chi connectivity index (χ1v) is 9.36. The first kappa shape index (κ1) is 14.0. The van der Waals surface area contributed by atoms with Crippen LogP contribution in [0.2, 0.25) is 0 Å². The molecular weight excluding hydrogens is 282 g/mol. The van der Waals surface area contributed by atoms with Gasteiger partial charge in [0.2, 0.25) is 0 Å². The summed E-state index contributed by atoms with van der Waals surface area (Å²) in [5, 5.41) is 9.67. The standard InChI is InChI=1S/C21H25NO/c1-11-7-18-20-14(5-6-21(18,2)19(11)10-22)13-4-3-12(23)8-15(13)16-9-17(16)20/h8,13-14,16-20H,1,3-7,9H2,2H3/t13-,14-,16-,17-,18+,19+,20+,21+/m1/s1. The monoisotopic (exact) mass is 307 g/mol. The van der Waals surface area contributed by atoms with Crippen LogP contribution in [-0.4, -0.2) is 5.78 Å². The van der Waals surface area contributed by atoms with Gasteiger partial charge in [-0.25, -0.2) is 0 Å². The van der Waals surface area contributed by atoms with E-state index in [1.807, 2.05) is 6.08 Å². The van der Waals surface area contributed by atoms with Gasteiger partial charge in [-0.2, -0.15) is 5.26 Å². The largest absolute Gasteiger partial charge is 0.295 e. The number of nitriles is 1. The van der Waals surface area contributed by atoms with Gasteiger partial charge in [-0.1, -0.05) is 24.6 Å². The van der Waals surface area contributed by atoms with Crippen molar-refractivity contribution in [2.45, 2.75) is 45.4 Å². The minimum atomic E-state index is 0.0653. The molecule has 0 saturated heterocycles. The van der Waals surface area contributed by atoms with Crippen molar-refractivity contribution in [1.29, 1.82) is 5.26 Å². The summed E-state index contributed by atoms with van der Waals surface area (Å²) in [7, 11) is 0. The van der Waals surface area contributed by atoms with Crippen molar-refractivity contribution < 1.29 is 4.79 Å². The van der Waals surface area contributed by atoms with Crippen LogP contribution in [0.15, 0.2) is 23.8 Å². The molecule has 0 aromatic carbocycles. The smallest absolute Gasteiger partial charge is 0.155 e. The van der Waals surface area contributed by atoms with E-state index in [4.69, 9.17) is 0 Å². The Balaban J connectivity index is 1.54. The van der Waals surface area contributed by atoms with Crippen LogP contribution in [0.3, 0.4) is 0 Å². The molecule has 8 atom stereocenters. The summed E-state index contributed by atoms with van der Waals surface area (Å²) >= 11 is 0. The third-order valence-electron chi connectivity index (χ3n) is 8.24. The molecule has 2 heteroatoms. The number of carbonyl (C=O) groups is 1. The minimum Gasteiger partial charge on any atom is -0.295 e. The summed E-state index contributed by atoms with van der Waals surface area (Å²) in [6.45, 7) is 6.63. The highest BCUT2D eigenvalue weighted by Crippen LogP contribution is 2.71. The van der Waals surface area contributed by atoms with Crippen LogP contribution in [0.4, 0.5) is 0 Å². The molecular formula is C21H25NO. The average Bonchev–Trinajstić information content (AvgIpc) is 3.26. The molecule has 5 aliphatic carbocycles. The predicted octanol–water partition coefficient (Wildman–Crippen LogP) is 4.29. The highest BCUT2D eigenvalue weighted by atomic mass is 16.1. The van der Waals surface area contributed by atoms with E-state index in [0.717, 1.165) is 37.0 Å². The lowest BCUT2D eigenvalue weighted by Crippen LogP contribution is -2.47. The van der Waals surface area contributed by atoms with Crippen LogP contribution >= 0.6 is 0 Å². The van der Waals surface area contributed by atoms with Gasteiger partial charge in [-0.15, -0.1) is 0 Å². The lowest BCUT2D eigenvalue weighted by molar-refractivity contribution is -0.116. The number of hydrogen-bond acceptors (Lipinski definition) is 2. The SMILES string of the molecule is C=C1C[C@H]2[C@@H]3[C@@H]4C[C@@H]4C4=CC(=O)CC[C@@H]4[C@H]3CC[C@]2(C)[C@H]1C#N. The molecule has 0 aromatic heterocycles. The Labute approximate surface area is 138 Å². The second-order valence-electron chi connectivity index (χ2n) is 9.08. The molecule has 0 radical (unpaired) electrons. The Morgan fingerprint density at radius 2 is 2.13 bits per heavy atom. The first-order chi connectivity index (χ1) is 11.0. The summed E-state index contributed by atoms with van der Waals surface area (Å²) in [4.78, 5) is 11.9. The summed E-state index contributed by atoms with van der Waals surface area (Å²) in [5.41, 5.74) is 2.87. The summed E-state index contributed by atoms with van der Waals surface area (Å²) in [5.74, 6) is 4.79. The molecule has 0 spiro atoms. The Kier molecular flexibility index (Phi) is 2.67. The molecule has 5 aliphatic rings. The van der Waals surface area contributed by atoms with Crippen molar-refractivity contribution in [3.63, 3.8) is 0 Å². The summed E-state index contributed by atoms with van der Waals surface area (Å²) in [6.07, 6.45) is 8.66. The Morgan fingerprint density at radius 1 is 1.30 bits per heavy atom. The van der Waals surface area contributed by atoms with Gasteiger partial charge in [-0.3, -0.25) is 4.79 Å². The average molecular weight is 307 g/mol. The fraction of sp³-hybridized carbons (Fsp3) is 0.714. The number of carbonyl (C=O) groups excluding carboxylic acids is 1. The normalized spacial score (nSPS) is 53.4. The van der Waals surface area contributed by atoms with Crippen molar-refractivity contribution in [2.24, 2.45) is 46.8 Å². The fourth-order valence-electron chi connectivity index (χ4n) is 7.21. The molecule has 0 N–H and O–H groups in total. The lowest BCUT2D eigenvalue weighted by Gasteiger charge is -2.53. The maximum Gasteiger partial charge on any atom is 0.155 e. The van der Waals surface area contributed by atoms with Crippen LogP contribution < -0.4 is 0 Å². The number of ketones is 1. The number of allylic oxidation sites excluding steroid dienone is 2. The van der Waals surface area contributed by atoms with Crippen molar-refractivity contribution in [1.82, 2.24) is 0 Å². The van der Waals surface area contributed by atoms with Crippen LogP contribution in [0.1, 0.15) is 45.4 Å². The molecule has 23 heavy (non-hydrogen) atoms. The van der Waals surface area contributed by atoms with Gasteiger partial charge in [0.25, 0.3) is 0 Å².